The summed E-state index contributed by atoms with van der Waals surface area (Å²) in [7, 11) is 0. The van der Waals surface area contributed by atoms with E-state index in [1.807, 2.05) is 11.8 Å². The zero-order valence-corrected chi connectivity index (χ0v) is 8.87. The van der Waals surface area contributed by atoms with Crippen molar-refractivity contribution >= 4 is 5.91 Å². The highest BCUT2D eigenvalue weighted by Crippen LogP contribution is 2.09. The molecule has 14 heavy (non-hydrogen) atoms. The summed E-state index contributed by atoms with van der Waals surface area (Å²) in [5.74, 6) is 0.220. The number of nitrogens with two attached hydrogens (primary N) is 1. The molecule has 1 saturated heterocycles. The molecule has 0 spiro atoms. The van der Waals surface area contributed by atoms with Crippen LogP contribution in [0, 0.1) is 0 Å². The van der Waals surface area contributed by atoms with Crippen molar-refractivity contribution in [3.63, 3.8) is 0 Å². The molecule has 4 heteroatoms. The maximum Gasteiger partial charge on any atom is 0.222 e. The molecule has 1 amide bonds. The van der Waals surface area contributed by atoms with Crippen molar-refractivity contribution in [2.45, 2.75) is 32.2 Å². The standard InChI is InChI=1S/C10H20N2O2/c1-2-14-7-3-4-10(13)12-6-5-9(11)8-12/h9H,2-8,11H2,1H3/t9-/m0/s1. The predicted molar refractivity (Wildman–Crippen MR) is 54.9 cm³/mol. The van der Waals surface area contributed by atoms with Gasteiger partial charge in [0.2, 0.25) is 5.91 Å². The molecule has 0 aromatic heterocycles. The molecular formula is C10H20N2O2. The molecule has 0 saturated carbocycles. The summed E-state index contributed by atoms with van der Waals surface area (Å²) in [5.41, 5.74) is 5.72. The number of hydrogen-bond acceptors (Lipinski definition) is 3. The van der Waals surface area contributed by atoms with Crippen molar-refractivity contribution in [2.75, 3.05) is 26.3 Å². The van der Waals surface area contributed by atoms with E-state index in [9.17, 15) is 4.79 Å². The van der Waals surface area contributed by atoms with Crippen LogP contribution in [0.3, 0.4) is 0 Å². The first-order chi connectivity index (χ1) is 6.74. The van der Waals surface area contributed by atoms with Crippen molar-refractivity contribution in [1.29, 1.82) is 0 Å². The molecule has 1 aliphatic heterocycles. The molecule has 0 radical (unpaired) electrons. The quantitative estimate of drug-likeness (QED) is 0.652. The van der Waals surface area contributed by atoms with Gasteiger partial charge < -0.3 is 15.4 Å². The van der Waals surface area contributed by atoms with E-state index in [2.05, 4.69) is 0 Å². The highest BCUT2D eigenvalue weighted by Gasteiger charge is 2.22. The summed E-state index contributed by atoms with van der Waals surface area (Å²) < 4.78 is 5.17. The fourth-order valence-electron chi connectivity index (χ4n) is 1.64. The number of nitrogens with zero attached hydrogens (tertiary/aromatic N) is 1. The molecule has 0 bridgehead atoms. The minimum absolute atomic E-state index is 0.186. The Morgan fingerprint density at radius 3 is 3.00 bits per heavy atom. The van der Waals surface area contributed by atoms with E-state index in [1.54, 1.807) is 0 Å². The lowest BCUT2D eigenvalue weighted by atomic mass is 10.3. The molecule has 4 nitrogen and oxygen atoms in total. The Morgan fingerprint density at radius 2 is 2.43 bits per heavy atom. The van der Waals surface area contributed by atoms with Gasteiger partial charge in [-0.3, -0.25) is 4.79 Å². The van der Waals surface area contributed by atoms with E-state index < -0.39 is 0 Å². The highest BCUT2D eigenvalue weighted by atomic mass is 16.5. The van der Waals surface area contributed by atoms with Crippen LogP contribution in [0.4, 0.5) is 0 Å². The van der Waals surface area contributed by atoms with Crippen molar-refractivity contribution in [3.8, 4) is 0 Å². The molecule has 0 aliphatic carbocycles. The average Bonchev–Trinajstić information content (AvgIpc) is 2.59. The van der Waals surface area contributed by atoms with E-state index in [1.165, 1.54) is 0 Å². The summed E-state index contributed by atoms with van der Waals surface area (Å²) in [5, 5.41) is 0. The molecule has 1 rings (SSSR count). The van der Waals surface area contributed by atoms with Gasteiger partial charge in [-0.25, -0.2) is 0 Å². The molecule has 1 heterocycles. The van der Waals surface area contributed by atoms with Gasteiger partial charge in [-0.05, 0) is 19.8 Å². The normalized spacial score (nSPS) is 21.6. The molecule has 0 unspecified atom stereocenters. The minimum atomic E-state index is 0.186. The Morgan fingerprint density at radius 1 is 1.64 bits per heavy atom. The highest BCUT2D eigenvalue weighted by molar-refractivity contribution is 5.76. The van der Waals surface area contributed by atoms with Crippen LogP contribution >= 0.6 is 0 Å². The molecule has 1 aliphatic rings. The average molecular weight is 200 g/mol. The first kappa shape index (κ1) is 11.5. The lowest BCUT2D eigenvalue weighted by Gasteiger charge is -2.15. The van der Waals surface area contributed by atoms with Crippen molar-refractivity contribution in [3.05, 3.63) is 0 Å². The number of ether oxygens (including phenoxy) is 1. The fourth-order valence-corrected chi connectivity index (χ4v) is 1.64. The van der Waals surface area contributed by atoms with Gasteiger partial charge in [-0.1, -0.05) is 0 Å². The van der Waals surface area contributed by atoms with Crippen LogP contribution < -0.4 is 5.73 Å². The third-order valence-electron chi connectivity index (χ3n) is 2.46. The third-order valence-corrected chi connectivity index (χ3v) is 2.46. The van der Waals surface area contributed by atoms with Crippen LogP contribution in [0.25, 0.3) is 0 Å². The Balaban J connectivity index is 2.09. The monoisotopic (exact) mass is 200 g/mol. The molecule has 82 valence electrons. The number of rotatable bonds is 5. The van der Waals surface area contributed by atoms with Gasteiger partial charge in [0.1, 0.15) is 0 Å². The van der Waals surface area contributed by atoms with Crippen LogP contribution in [0.15, 0.2) is 0 Å². The van der Waals surface area contributed by atoms with Gasteiger partial charge >= 0.3 is 0 Å². The number of carbonyl (C=O) groups is 1. The van der Waals surface area contributed by atoms with Crippen LogP contribution in [0.1, 0.15) is 26.2 Å². The summed E-state index contributed by atoms with van der Waals surface area (Å²) in [6.07, 6.45) is 2.35. The fraction of sp³-hybridized carbons (Fsp3) is 0.900. The molecular weight excluding hydrogens is 180 g/mol. The van der Waals surface area contributed by atoms with Gasteiger partial charge in [-0.2, -0.15) is 0 Å². The van der Waals surface area contributed by atoms with E-state index in [0.29, 0.717) is 13.0 Å². The smallest absolute Gasteiger partial charge is 0.222 e. The minimum Gasteiger partial charge on any atom is -0.382 e. The molecule has 1 fully saturated rings. The third kappa shape index (κ3) is 3.64. The lowest BCUT2D eigenvalue weighted by Crippen LogP contribution is -2.31. The Labute approximate surface area is 85.4 Å². The maximum absolute atomic E-state index is 11.6. The van der Waals surface area contributed by atoms with Gasteiger partial charge in [0, 0.05) is 38.8 Å². The number of hydrogen-bond donors (Lipinski definition) is 1. The topological polar surface area (TPSA) is 55.6 Å². The second-order valence-corrected chi connectivity index (χ2v) is 3.69. The van der Waals surface area contributed by atoms with Crippen molar-refractivity contribution in [1.82, 2.24) is 4.90 Å². The number of carbonyl (C=O) groups excluding carboxylic acids is 1. The van der Waals surface area contributed by atoms with Crippen LogP contribution in [0.2, 0.25) is 0 Å². The first-order valence-corrected chi connectivity index (χ1v) is 5.35. The van der Waals surface area contributed by atoms with E-state index in [0.717, 1.165) is 32.5 Å². The first-order valence-electron chi connectivity index (χ1n) is 5.35. The maximum atomic E-state index is 11.6. The molecule has 1 atom stereocenters. The lowest BCUT2D eigenvalue weighted by molar-refractivity contribution is -0.130. The van der Waals surface area contributed by atoms with Crippen LogP contribution in [-0.2, 0) is 9.53 Å². The predicted octanol–water partition coefficient (Wildman–Crippen LogP) is 0.363. The van der Waals surface area contributed by atoms with Crippen LogP contribution in [-0.4, -0.2) is 43.2 Å². The number of amides is 1. The van der Waals surface area contributed by atoms with Gasteiger partial charge in [0.15, 0.2) is 0 Å². The van der Waals surface area contributed by atoms with E-state index >= 15 is 0 Å². The SMILES string of the molecule is CCOCCCC(=O)N1CC[C@H](N)C1. The van der Waals surface area contributed by atoms with E-state index in [4.69, 9.17) is 10.5 Å². The Hall–Kier alpha value is -0.610. The summed E-state index contributed by atoms with van der Waals surface area (Å²) in [4.78, 5) is 13.4. The summed E-state index contributed by atoms with van der Waals surface area (Å²) in [6.45, 7) is 4.92. The van der Waals surface area contributed by atoms with Crippen LogP contribution in [0.5, 0.6) is 0 Å². The second kappa shape index (κ2) is 5.98. The van der Waals surface area contributed by atoms with Gasteiger partial charge in [-0.15, -0.1) is 0 Å². The zero-order chi connectivity index (χ0) is 10.4. The molecule has 0 aromatic rings. The summed E-state index contributed by atoms with van der Waals surface area (Å²) >= 11 is 0. The second-order valence-electron chi connectivity index (χ2n) is 3.69. The largest absolute Gasteiger partial charge is 0.382 e. The Kier molecular flexibility index (Phi) is 4.90. The Bertz CT molecular complexity index is 185. The van der Waals surface area contributed by atoms with Crippen molar-refractivity contribution in [2.24, 2.45) is 5.73 Å². The molecule has 2 N–H and O–H groups in total. The van der Waals surface area contributed by atoms with E-state index in [-0.39, 0.29) is 11.9 Å². The zero-order valence-electron chi connectivity index (χ0n) is 8.87. The van der Waals surface area contributed by atoms with Crippen molar-refractivity contribution < 1.29 is 9.53 Å². The van der Waals surface area contributed by atoms with Gasteiger partial charge in [0.25, 0.3) is 0 Å². The summed E-state index contributed by atoms with van der Waals surface area (Å²) in [6, 6.07) is 0.186. The van der Waals surface area contributed by atoms with Gasteiger partial charge in [0.05, 0.1) is 0 Å². The molecule has 0 aromatic carbocycles. The number of likely N-dealkylation sites (tertiary alicyclic amines) is 1.